The number of hydrogen-bond acceptors (Lipinski definition) is 4. The van der Waals surface area contributed by atoms with E-state index in [-0.39, 0.29) is 0 Å². The largest absolute Gasteiger partial charge is 0.497 e. The fourth-order valence-corrected chi connectivity index (χ4v) is 2.77. The molecule has 0 aromatic heterocycles. The van der Waals surface area contributed by atoms with Gasteiger partial charge in [0.1, 0.15) is 11.5 Å². The van der Waals surface area contributed by atoms with Crippen molar-refractivity contribution < 1.29 is 9.47 Å². The summed E-state index contributed by atoms with van der Waals surface area (Å²) < 4.78 is 10.7. The van der Waals surface area contributed by atoms with E-state index >= 15 is 0 Å². The average molecular weight is 283 g/mol. The summed E-state index contributed by atoms with van der Waals surface area (Å²) in [6, 6.07) is 6.33. The lowest BCUT2D eigenvalue weighted by Gasteiger charge is -2.21. The maximum atomic E-state index is 5.49. The van der Waals surface area contributed by atoms with Crippen LogP contribution in [0.3, 0.4) is 0 Å². The Morgan fingerprint density at radius 2 is 1.95 bits per heavy atom. The van der Waals surface area contributed by atoms with Crippen LogP contribution in [0.25, 0.3) is 0 Å². The van der Waals surface area contributed by atoms with Crippen LogP contribution in [0.2, 0.25) is 0 Å². The van der Waals surface area contributed by atoms with Crippen molar-refractivity contribution >= 4 is 11.8 Å². The maximum absolute atomic E-state index is 5.49. The molecule has 0 bridgehead atoms. The Morgan fingerprint density at radius 1 is 1.21 bits per heavy atom. The molecule has 0 saturated heterocycles. The van der Waals surface area contributed by atoms with E-state index in [1.165, 1.54) is 5.56 Å². The van der Waals surface area contributed by atoms with Gasteiger partial charge in [0, 0.05) is 23.4 Å². The summed E-state index contributed by atoms with van der Waals surface area (Å²) in [7, 11) is 3.38. The van der Waals surface area contributed by atoms with E-state index in [0.29, 0.717) is 11.3 Å². The molecule has 3 nitrogen and oxygen atoms in total. The number of nitrogens with one attached hydrogen (secondary N) is 1. The number of methoxy groups -OCH3 is 2. The van der Waals surface area contributed by atoms with Crippen molar-refractivity contribution in [1.82, 2.24) is 5.32 Å². The average Bonchev–Trinajstić information content (AvgIpc) is 2.42. The van der Waals surface area contributed by atoms with E-state index in [1.54, 1.807) is 14.2 Å². The molecule has 0 heterocycles. The van der Waals surface area contributed by atoms with Gasteiger partial charge in [-0.1, -0.05) is 26.8 Å². The van der Waals surface area contributed by atoms with Gasteiger partial charge in [-0.05, 0) is 17.9 Å². The molecule has 0 aliphatic rings. The van der Waals surface area contributed by atoms with Crippen molar-refractivity contribution in [3.63, 3.8) is 0 Å². The van der Waals surface area contributed by atoms with E-state index in [2.05, 4.69) is 32.2 Å². The minimum absolute atomic E-state index is 0.304. The molecular weight excluding hydrogens is 258 g/mol. The van der Waals surface area contributed by atoms with Crippen LogP contribution < -0.4 is 14.8 Å². The number of thioether (sulfide) groups is 1. The first-order valence-electron chi connectivity index (χ1n) is 6.69. The number of benzene rings is 1. The Morgan fingerprint density at radius 3 is 2.47 bits per heavy atom. The standard InChI is InChI=1S/C15H25NO2S/c1-6-16-14(10-19-11(2)3)13-8-7-12(17-4)9-15(13)18-5/h7-9,11,14,16H,6,10H2,1-5H3. The van der Waals surface area contributed by atoms with Crippen LogP contribution in [-0.4, -0.2) is 31.8 Å². The van der Waals surface area contributed by atoms with Crippen molar-refractivity contribution in [1.29, 1.82) is 0 Å². The third-order valence-electron chi connectivity index (χ3n) is 2.86. The highest BCUT2D eigenvalue weighted by Gasteiger charge is 2.16. The molecule has 0 radical (unpaired) electrons. The number of rotatable bonds is 8. The van der Waals surface area contributed by atoms with Crippen LogP contribution in [0.1, 0.15) is 32.4 Å². The molecule has 0 aliphatic carbocycles. The van der Waals surface area contributed by atoms with Crippen molar-refractivity contribution in [3.05, 3.63) is 23.8 Å². The summed E-state index contributed by atoms with van der Waals surface area (Å²) in [5.74, 6) is 2.75. The van der Waals surface area contributed by atoms with Crippen molar-refractivity contribution in [2.75, 3.05) is 26.5 Å². The Kier molecular flexibility index (Phi) is 7.10. The van der Waals surface area contributed by atoms with E-state index < -0.39 is 0 Å². The molecular formula is C15H25NO2S. The van der Waals surface area contributed by atoms with Crippen LogP contribution in [0, 0.1) is 0 Å². The van der Waals surface area contributed by atoms with Gasteiger partial charge in [0.15, 0.2) is 0 Å². The summed E-state index contributed by atoms with van der Waals surface area (Å²) in [6.07, 6.45) is 0. The SMILES string of the molecule is CCNC(CSC(C)C)c1ccc(OC)cc1OC. The van der Waals surface area contributed by atoms with E-state index in [9.17, 15) is 0 Å². The van der Waals surface area contributed by atoms with Gasteiger partial charge in [-0.25, -0.2) is 0 Å². The lowest BCUT2D eigenvalue weighted by Crippen LogP contribution is -2.24. The smallest absolute Gasteiger partial charge is 0.127 e. The normalized spacial score (nSPS) is 12.5. The summed E-state index contributed by atoms with van der Waals surface area (Å²) in [6.45, 7) is 7.51. The molecule has 4 heteroatoms. The second kappa shape index (κ2) is 8.33. The molecule has 108 valence electrons. The van der Waals surface area contributed by atoms with Crippen LogP contribution in [0.4, 0.5) is 0 Å². The summed E-state index contributed by atoms with van der Waals surface area (Å²) in [5.41, 5.74) is 1.19. The predicted molar refractivity (Wildman–Crippen MR) is 83.6 cm³/mol. The zero-order valence-corrected chi connectivity index (χ0v) is 13.3. The lowest BCUT2D eigenvalue weighted by molar-refractivity contribution is 0.386. The quantitative estimate of drug-likeness (QED) is 0.791. The summed E-state index contributed by atoms with van der Waals surface area (Å²) >= 11 is 1.95. The second-order valence-corrected chi connectivity index (χ2v) is 6.21. The monoisotopic (exact) mass is 283 g/mol. The molecule has 0 fully saturated rings. The molecule has 0 amide bonds. The van der Waals surface area contributed by atoms with Crippen LogP contribution >= 0.6 is 11.8 Å². The predicted octanol–water partition coefficient (Wildman–Crippen LogP) is 3.50. The van der Waals surface area contributed by atoms with Gasteiger partial charge in [-0.15, -0.1) is 0 Å². The Hall–Kier alpha value is -0.870. The highest BCUT2D eigenvalue weighted by Crippen LogP contribution is 2.31. The van der Waals surface area contributed by atoms with Gasteiger partial charge in [-0.2, -0.15) is 11.8 Å². The van der Waals surface area contributed by atoms with Crippen molar-refractivity contribution in [2.24, 2.45) is 0 Å². The molecule has 19 heavy (non-hydrogen) atoms. The molecule has 1 atom stereocenters. The van der Waals surface area contributed by atoms with E-state index in [1.807, 2.05) is 23.9 Å². The Bertz CT molecular complexity index is 382. The summed E-state index contributed by atoms with van der Waals surface area (Å²) in [4.78, 5) is 0. The molecule has 0 saturated carbocycles. The van der Waals surface area contributed by atoms with Gasteiger partial charge < -0.3 is 14.8 Å². The van der Waals surface area contributed by atoms with Gasteiger partial charge >= 0.3 is 0 Å². The second-order valence-electron chi connectivity index (χ2n) is 4.60. The van der Waals surface area contributed by atoms with Gasteiger partial charge in [-0.3, -0.25) is 0 Å². The van der Waals surface area contributed by atoms with Crippen LogP contribution in [0.5, 0.6) is 11.5 Å². The third-order valence-corrected chi connectivity index (χ3v) is 4.06. The third kappa shape index (κ3) is 4.96. The number of ether oxygens (including phenoxy) is 2. The maximum Gasteiger partial charge on any atom is 0.127 e. The fraction of sp³-hybridized carbons (Fsp3) is 0.600. The van der Waals surface area contributed by atoms with Gasteiger partial charge in [0.2, 0.25) is 0 Å². The summed E-state index contributed by atoms with van der Waals surface area (Å²) in [5, 5.41) is 4.15. The van der Waals surface area contributed by atoms with Crippen LogP contribution in [0.15, 0.2) is 18.2 Å². The topological polar surface area (TPSA) is 30.5 Å². The Labute approximate surface area is 121 Å². The highest BCUT2D eigenvalue weighted by atomic mass is 32.2. The zero-order chi connectivity index (χ0) is 14.3. The van der Waals surface area contributed by atoms with E-state index in [4.69, 9.17) is 9.47 Å². The minimum Gasteiger partial charge on any atom is -0.497 e. The number of hydrogen-bond donors (Lipinski definition) is 1. The lowest BCUT2D eigenvalue weighted by atomic mass is 10.1. The molecule has 1 aromatic carbocycles. The molecule has 1 N–H and O–H groups in total. The van der Waals surface area contributed by atoms with Crippen molar-refractivity contribution in [3.8, 4) is 11.5 Å². The van der Waals surface area contributed by atoms with Crippen LogP contribution in [-0.2, 0) is 0 Å². The first-order chi connectivity index (χ1) is 9.12. The highest BCUT2D eigenvalue weighted by molar-refractivity contribution is 7.99. The first-order valence-corrected chi connectivity index (χ1v) is 7.74. The van der Waals surface area contributed by atoms with E-state index in [0.717, 1.165) is 23.8 Å². The minimum atomic E-state index is 0.304. The molecule has 1 aromatic rings. The van der Waals surface area contributed by atoms with Gasteiger partial charge in [0.05, 0.1) is 14.2 Å². The first kappa shape index (κ1) is 16.2. The zero-order valence-electron chi connectivity index (χ0n) is 12.5. The molecule has 1 rings (SSSR count). The molecule has 0 spiro atoms. The van der Waals surface area contributed by atoms with Gasteiger partial charge in [0.25, 0.3) is 0 Å². The molecule has 1 unspecified atom stereocenters. The Balaban J connectivity index is 2.93. The van der Waals surface area contributed by atoms with Crippen molar-refractivity contribution in [2.45, 2.75) is 32.1 Å². The molecule has 0 aliphatic heterocycles. The fourth-order valence-electron chi connectivity index (χ4n) is 1.90.